The lowest BCUT2D eigenvalue weighted by atomic mass is 10.1. The maximum absolute atomic E-state index is 12.9. The van der Waals surface area contributed by atoms with Crippen molar-refractivity contribution in [2.45, 2.75) is 45.9 Å². The first kappa shape index (κ1) is 27.3. The highest BCUT2D eigenvalue weighted by molar-refractivity contribution is 6.45. The number of carbonyl (C=O) groups excluding carboxylic acids is 4. The SMILES string of the molecule is COC(=O)C(CNC(=O)OC(C)(C)C)Oc1cccc2c1c(C(=O)C(N)=O)c(C)n2Cc1ccccc1. The molecular weight excluding hydrogens is 478 g/mol. The molecule has 2 amide bonds. The predicted molar refractivity (Wildman–Crippen MR) is 136 cm³/mol. The summed E-state index contributed by atoms with van der Waals surface area (Å²) in [5.41, 5.74) is 6.80. The summed E-state index contributed by atoms with van der Waals surface area (Å²) in [6.45, 7) is 6.99. The largest absolute Gasteiger partial charge is 0.476 e. The smallest absolute Gasteiger partial charge is 0.407 e. The number of carbonyl (C=O) groups is 4. The van der Waals surface area contributed by atoms with Crippen LogP contribution >= 0.6 is 0 Å². The quantitative estimate of drug-likeness (QED) is 0.257. The zero-order valence-electron chi connectivity index (χ0n) is 21.5. The van der Waals surface area contributed by atoms with E-state index in [1.165, 1.54) is 7.11 Å². The molecule has 10 nitrogen and oxygen atoms in total. The van der Waals surface area contributed by atoms with Crippen LogP contribution < -0.4 is 15.8 Å². The molecule has 0 aliphatic carbocycles. The molecule has 1 atom stereocenters. The van der Waals surface area contributed by atoms with Gasteiger partial charge in [-0.1, -0.05) is 36.4 Å². The van der Waals surface area contributed by atoms with E-state index in [4.69, 9.17) is 19.9 Å². The van der Waals surface area contributed by atoms with Crippen molar-refractivity contribution in [2.24, 2.45) is 5.73 Å². The number of benzene rings is 2. The highest BCUT2D eigenvalue weighted by atomic mass is 16.6. The first-order valence-corrected chi connectivity index (χ1v) is 11.6. The number of nitrogens with one attached hydrogen (secondary N) is 1. The number of nitrogens with zero attached hydrogens (tertiary/aromatic N) is 1. The molecule has 0 aliphatic heterocycles. The van der Waals surface area contributed by atoms with Crippen molar-refractivity contribution in [3.05, 3.63) is 65.4 Å². The van der Waals surface area contributed by atoms with Crippen molar-refractivity contribution in [1.29, 1.82) is 0 Å². The first-order valence-electron chi connectivity index (χ1n) is 11.6. The highest BCUT2D eigenvalue weighted by Gasteiger charge is 2.29. The summed E-state index contributed by atoms with van der Waals surface area (Å²) in [6, 6.07) is 14.6. The van der Waals surface area contributed by atoms with Gasteiger partial charge in [0.25, 0.3) is 11.7 Å². The van der Waals surface area contributed by atoms with Crippen LogP contribution in [0.2, 0.25) is 0 Å². The number of esters is 1. The van der Waals surface area contributed by atoms with Crippen LogP contribution in [-0.2, 0) is 25.6 Å². The molecule has 0 radical (unpaired) electrons. The molecule has 0 saturated carbocycles. The van der Waals surface area contributed by atoms with Gasteiger partial charge in [-0.2, -0.15) is 0 Å². The fourth-order valence-electron chi connectivity index (χ4n) is 3.91. The second kappa shape index (κ2) is 11.2. The monoisotopic (exact) mass is 509 g/mol. The Morgan fingerprint density at radius 3 is 2.30 bits per heavy atom. The Labute approximate surface area is 214 Å². The molecular formula is C27H31N3O7. The van der Waals surface area contributed by atoms with E-state index in [0.29, 0.717) is 23.1 Å². The van der Waals surface area contributed by atoms with Crippen molar-refractivity contribution in [1.82, 2.24) is 9.88 Å². The van der Waals surface area contributed by atoms with Crippen LogP contribution in [0, 0.1) is 6.92 Å². The fourth-order valence-corrected chi connectivity index (χ4v) is 3.91. The molecule has 1 unspecified atom stereocenters. The molecule has 37 heavy (non-hydrogen) atoms. The minimum absolute atomic E-state index is 0.0812. The second-order valence-corrected chi connectivity index (χ2v) is 9.39. The van der Waals surface area contributed by atoms with E-state index in [1.54, 1.807) is 45.9 Å². The van der Waals surface area contributed by atoms with E-state index in [2.05, 4.69) is 5.32 Å². The number of ketones is 1. The Morgan fingerprint density at radius 2 is 1.70 bits per heavy atom. The third-order valence-electron chi connectivity index (χ3n) is 5.51. The number of Topliss-reactive ketones (excluding diaryl/α,β-unsaturated/α-hetero) is 1. The number of hydrogen-bond acceptors (Lipinski definition) is 7. The Kier molecular flexibility index (Phi) is 8.21. The van der Waals surface area contributed by atoms with Gasteiger partial charge in [-0.3, -0.25) is 9.59 Å². The summed E-state index contributed by atoms with van der Waals surface area (Å²) in [4.78, 5) is 49.5. The van der Waals surface area contributed by atoms with Crippen LogP contribution in [-0.4, -0.2) is 53.7 Å². The minimum atomic E-state index is -1.27. The Balaban J connectivity index is 2.06. The number of fused-ring (bicyclic) bond motifs is 1. The van der Waals surface area contributed by atoms with Crippen molar-refractivity contribution >= 4 is 34.7 Å². The van der Waals surface area contributed by atoms with Crippen molar-refractivity contribution in [2.75, 3.05) is 13.7 Å². The van der Waals surface area contributed by atoms with Gasteiger partial charge in [0.2, 0.25) is 6.10 Å². The second-order valence-electron chi connectivity index (χ2n) is 9.39. The van der Waals surface area contributed by atoms with Gasteiger partial charge in [0.15, 0.2) is 0 Å². The molecule has 1 aromatic heterocycles. The molecule has 0 aliphatic rings. The maximum atomic E-state index is 12.9. The Hall–Kier alpha value is -4.34. The topological polar surface area (TPSA) is 139 Å². The van der Waals surface area contributed by atoms with Crippen molar-refractivity contribution < 1.29 is 33.4 Å². The number of alkyl carbamates (subject to hydrolysis) is 1. The third kappa shape index (κ3) is 6.46. The first-order chi connectivity index (χ1) is 17.4. The number of primary amides is 1. The van der Waals surface area contributed by atoms with E-state index < -0.39 is 35.5 Å². The molecule has 3 rings (SSSR count). The molecule has 196 valence electrons. The molecule has 2 aromatic carbocycles. The minimum Gasteiger partial charge on any atom is -0.476 e. The third-order valence-corrected chi connectivity index (χ3v) is 5.51. The molecule has 1 heterocycles. The van der Waals surface area contributed by atoms with Gasteiger partial charge in [0, 0.05) is 12.2 Å². The summed E-state index contributed by atoms with van der Waals surface area (Å²) < 4.78 is 17.9. The average molecular weight is 510 g/mol. The number of nitrogens with two attached hydrogens (primary N) is 1. The van der Waals surface area contributed by atoms with Crippen LogP contribution in [0.4, 0.5) is 4.79 Å². The zero-order valence-corrected chi connectivity index (χ0v) is 21.5. The number of rotatable bonds is 9. The average Bonchev–Trinajstić information content (AvgIpc) is 3.12. The van der Waals surface area contributed by atoms with Crippen molar-refractivity contribution in [3.8, 4) is 5.75 Å². The number of methoxy groups -OCH3 is 1. The maximum Gasteiger partial charge on any atom is 0.407 e. The lowest BCUT2D eigenvalue weighted by Crippen LogP contribution is -2.42. The van der Waals surface area contributed by atoms with Gasteiger partial charge < -0.3 is 29.8 Å². The number of aromatic nitrogens is 1. The molecule has 0 fully saturated rings. The normalized spacial score (nSPS) is 12.0. The number of ether oxygens (including phenoxy) is 3. The van der Waals surface area contributed by atoms with E-state index in [-0.39, 0.29) is 17.9 Å². The summed E-state index contributed by atoms with van der Waals surface area (Å²) in [5.74, 6) is -2.60. The molecule has 3 aromatic rings. The number of amides is 2. The lowest BCUT2D eigenvalue weighted by Gasteiger charge is -2.22. The van der Waals surface area contributed by atoms with Crippen LogP contribution in [0.25, 0.3) is 10.9 Å². The van der Waals surface area contributed by atoms with Gasteiger partial charge in [-0.15, -0.1) is 0 Å². The van der Waals surface area contributed by atoms with Crippen molar-refractivity contribution in [3.63, 3.8) is 0 Å². The molecule has 3 N–H and O–H groups in total. The number of hydrogen-bond donors (Lipinski definition) is 2. The predicted octanol–water partition coefficient (Wildman–Crippen LogP) is 3.11. The van der Waals surface area contributed by atoms with Crippen LogP contribution in [0.15, 0.2) is 48.5 Å². The van der Waals surface area contributed by atoms with Crippen LogP contribution in [0.5, 0.6) is 5.75 Å². The summed E-state index contributed by atoms with van der Waals surface area (Å²) in [5, 5.41) is 2.82. The van der Waals surface area contributed by atoms with Gasteiger partial charge in [0.1, 0.15) is 11.4 Å². The van der Waals surface area contributed by atoms with Crippen LogP contribution in [0.1, 0.15) is 42.4 Å². The lowest BCUT2D eigenvalue weighted by molar-refractivity contribution is -0.148. The Morgan fingerprint density at radius 1 is 1.03 bits per heavy atom. The van der Waals surface area contributed by atoms with E-state index >= 15 is 0 Å². The van der Waals surface area contributed by atoms with Crippen LogP contribution in [0.3, 0.4) is 0 Å². The summed E-state index contributed by atoms with van der Waals surface area (Å²) >= 11 is 0. The van der Waals surface area contributed by atoms with E-state index in [9.17, 15) is 19.2 Å². The van der Waals surface area contributed by atoms with E-state index in [0.717, 1.165) is 5.56 Å². The molecule has 0 saturated heterocycles. The van der Waals surface area contributed by atoms with Gasteiger partial charge in [0.05, 0.1) is 30.1 Å². The van der Waals surface area contributed by atoms with Gasteiger partial charge >= 0.3 is 12.1 Å². The zero-order chi connectivity index (χ0) is 27.3. The highest BCUT2D eigenvalue weighted by Crippen LogP contribution is 2.35. The molecule has 10 heteroatoms. The Bertz CT molecular complexity index is 1320. The van der Waals surface area contributed by atoms with Gasteiger partial charge in [-0.05, 0) is 45.4 Å². The molecule has 0 bridgehead atoms. The summed E-state index contributed by atoms with van der Waals surface area (Å²) in [6.07, 6.45) is -2.00. The fraction of sp³-hybridized carbons (Fsp3) is 0.333. The van der Waals surface area contributed by atoms with Gasteiger partial charge in [-0.25, -0.2) is 9.59 Å². The standard InChI is InChI=1S/C27H31N3O7/c1-16-21(23(31)24(28)32)22-18(30(16)15-17-10-7-6-8-11-17)12-9-13-19(22)36-20(25(33)35-5)14-29-26(34)37-27(2,3)4/h6-13,20H,14-15H2,1-5H3,(H2,28,32)(H,29,34). The molecule has 0 spiro atoms. The summed E-state index contributed by atoms with van der Waals surface area (Å²) in [7, 11) is 1.19. The van der Waals surface area contributed by atoms with E-state index in [1.807, 2.05) is 34.9 Å².